The van der Waals surface area contributed by atoms with Gasteiger partial charge in [0, 0.05) is 38.4 Å². The molecule has 7 heteroatoms. The quantitative estimate of drug-likeness (QED) is 0.450. The van der Waals surface area contributed by atoms with E-state index in [0.29, 0.717) is 32.5 Å². The van der Waals surface area contributed by atoms with Gasteiger partial charge in [0.2, 0.25) is 5.91 Å². The molecule has 3 rings (SSSR count). The zero-order chi connectivity index (χ0) is 25.4. The molecule has 188 valence electrons. The van der Waals surface area contributed by atoms with Gasteiger partial charge >= 0.3 is 12.1 Å². The second kappa shape index (κ2) is 12.4. The van der Waals surface area contributed by atoms with Crippen LogP contribution in [0.3, 0.4) is 0 Å². The standard InChI is InChI=1S/C28H36N2O5/c1-4-30(15-9-14-27(32)33)26(31)16-20(19(2)3)17-29-28(34)35-18-25-23-12-7-5-10-21(23)22-11-6-8-13-24(22)25/h5-8,10-13,19-20,25H,4,9,14-18H2,1-3H3,(H,29,34)(H,32,33). The molecular formula is C28H36N2O5. The van der Waals surface area contributed by atoms with Gasteiger partial charge in [0.25, 0.3) is 0 Å². The summed E-state index contributed by atoms with van der Waals surface area (Å²) in [7, 11) is 0. The van der Waals surface area contributed by atoms with Crippen LogP contribution in [-0.2, 0) is 14.3 Å². The van der Waals surface area contributed by atoms with Gasteiger partial charge < -0.3 is 20.1 Å². The lowest BCUT2D eigenvalue weighted by molar-refractivity contribution is -0.138. The van der Waals surface area contributed by atoms with E-state index in [2.05, 4.69) is 29.6 Å². The molecule has 0 bridgehead atoms. The average Bonchev–Trinajstić information content (AvgIpc) is 3.16. The summed E-state index contributed by atoms with van der Waals surface area (Å²) in [6.45, 7) is 7.48. The largest absolute Gasteiger partial charge is 0.481 e. The van der Waals surface area contributed by atoms with Gasteiger partial charge in [-0.15, -0.1) is 0 Å². The summed E-state index contributed by atoms with van der Waals surface area (Å²) < 4.78 is 5.62. The number of fused-ring (bicyclic) bond motifs is 3. The summed E-state index contributed by atoms with van der Waals surface area (Å²) in [6, 6.07) is 16.4. The third-order valence-electron chi connectivity index (χ3n) is 6.78. The Labute approximate surface area is 207 Å². The Morgan fingerprint density at radius 2 is 1.63 bits per heavy atom. The van der Waals surface area contributed by atoms with E-state index >= 15 is 0 Å². The van der Waals surface area contributed by atoms with Crippen LogP contribution >= 0.6 is 0 Å². The van der Waals surface area contributed by atoms with Crippen molar-refractivity contribution in [2.24, 2.45) is 11.8 Å². The first kappa shape index (κ1) is 26.3. The fraction of sp³-hybridized carbons (Fsp3) is 0.464. The highest BCUT2D eigenvalue weighted by Gasteiger charge is 2.29. The van der Waals surface area contributed by atoms with E-state index < -0.39 is 12.1 Å². The lowest BCUT2D eigenvalue weighted by atomic mass is 9.92. The first-order valence-corrected chi connectivity index (χ1v) is 12.4. The van der Waals surface area contributed by atoms with Crippen LogP contribution in [0, 0.1) is 11.8 Å². The van der Waals surface area contributed by atoms with Crippen LogP contribution in [0.15, 0.2) is 48.5 Å². The monoisotopic (exact) mass is 480 g/mol. The second-order valence-corrected chi connectivity index (χ2v) is 9.39. The lowest BCUT2D eigenvalue weighted by Gasteiger charge is -2.26. The highest BCUT2D eigenvalue weighted by atomic mass is 16.5. The molecule has 0 fully saturated rings. The molecule has 1 atom stereocenters. The smallest absolute Gasteiger partial charge is 0.407 e. The summed E-state index contributed by atoms with van der Waals surface area (Å²) in [6.07, 6.45) is 0.279. The summed E-state index contributed by atoms with van der Waals surface area (Å²) in [4.78, 5) is 37.8. The van der Waals surface area contributed by atoms with Gasteiger partial charge in [-0.3, -0.25) is 9.59 Å². The summed E-state index contributed by atoms with van der Waals surface area (Å²) in [5.41, 5.74) is 4.68. The number of hydrogen-bond donors (Lipinski definition) is 2. The molecule has 1 aliphatic carbocycles. The molecule has 0 saturated carbocycles. The van der Waals surface area contributed by atoms with Crippen molar-refractivity contribution in [1.29, 1.82) is 0 Å². The minimum atomic E-state index is -0.860. The van der Waals surface area contributed by atoms with Crippen LogP contribution in [0.5, 0.6) is 0 Å². The van der Waals surface area contributed by atoms with Crippen molar-refractivity contribution in [2.45, 2.75) is 46.0 Å². The number of nitrogens with zero attached hydrogens (tertiary/aromatic N) is 1. The Morgan fingerprint density at radius 1 is 1.03 bits per heavy atom. The van der Waals surface area contributed by atoms with Gasteiger partial charge in [0.15, 0.2) is 0 Å². The zero-order valence-electron chi connectivity index (χ0n) is 20.8. The summed E-state index contributed by atoms with van der Waals surface area (Å²) in [5.74, 6) is -0.742. The molecule has 1 aliphatic rings. The lowest BCUT2D eigenvalue weighted by Crippen LogP contribution is -2.38. The molecule has 1 unspecified atom stereocenters. The SMILES string of the molecule is CCN(CCCC(=O)O)C(=O)CC(CNC(=O)OCC1c2ccccc2-c2ccccc21)C(C)C. The van der Waals surface area contributed by atoms with Crippen molar-refractivity contribution in [2.75, 3.05) is 26.2 Å². The highest BCUT2D eigenvalue weighted by molar-refractivity contribution is 5.79. The number of carbonyl (C=O) groups is 3. The van der Waals surface area contributed by atoms with E-state index in [0.717, 1.165) is 11.1 Å². The van der Waals surface area contributed by atoms with Crippen LogP contribution in [0.4, 0.5) is 4.79 Å². The molecule has 2 amide bonds. The number of alkyl carbamates (subject to hydrolysis) is 1. The zero-order valence-corrected chi connectivity index (χ0v) is 20.8. The Bertz CT molecular complexity index is 990. The molecule has 0 aromatic heterocycles. The van der Waals surface area contributed by atoms with Crippen LogP contribution in [0.25, 0.3) is 11.1 Å². The number of amides is 2. The van der Waals surface area contributed by atoms with E-state index in [1.807, 2.05) is 45.0 Å². The summed E-state index contributed by atoms with van der Waals surface area (Å²) >= 11 is 0. The molecule has 0 spiro atoms. The van der Waals surface area contributed by atoms with E-state index in [1.165, 1.54) is 11.1 Å². The Balaban J connectivity index is 1.52. The number of carboxylic acids is 1. The van der Waals surface area contributed by atoms with Crippen molar-refractivity contribution in [3.63, 3.8) is 0 Å². The van der Waals surface area contributed by atoms with E-state index in [1.54, 1.807) is 4.90 Å². The maximum absolute atomic E-state index is 12.8. The van der Waals surface area contributed by atoms with Crippen molar-refractivity contribution >= 4 is 18.0 Å². The van der Waals surface area contributed by atoms with Gasteiger partial charge in [-0.05, 0) is 47.4 Å². The van der Waals surface area contributed by atoms with Gasteiger partial charge in [-0.1, -0.05) is 62.4 Å². The molecule has 0 aliphatic heterocycles. The number of carboxylic acid groups (broad SMARTS) is 1. The number of hydrogen-bond acceptors (Lipinski definition) is 4. The Morgan fingerprint density at radius 3 is 2.17 bits per heavy atom. The molecule has 7 nitrogen and oxygen atoms in total. The van der Waals surface area contributed by atoms with E-state index in [4.69, 9.17) is 9.84 Å². The van der Waals surface area contributed by atoms with Crippen LogP contribution in [0.2, 0.25) is 0 Å². The van der Waals surface area contributed by atoms with Crippen LogP contribution < -0.4 is 5.32 Å². The van der Waals surface area contributed by atoms with Crippen LogP contribution in [0.1, 0.15) is 57.1 Å². The number of benzene rings is 2. The topological polar surface area (TPSA) is 95.9 Å². The first-order chi connectivity index (χ1) is 16.8. The predicted octanol–water partition coefficient (Wildman–Crippen LogP) is 4.90. The molecule has 35 heavy (non-hydrogen) atoms. The predicted molar refractivity (Wildman–Crippen MR) is 135 cm³/mol. The fourth-order valence-electron chi connectivity index (χ4n) is 4.64. The molecule has 0 radical (unpaired) electrons. The first-order valence-electron chi connectivity index (χ1n) is 12.4. The molecule has 2 aromatic carbocycles. The van der Waals surface area contributed by atoms with E-state index in [9.17, 15) is 14.4 Å². The fourth-order valence-corrected chi connectivity index (χ4v) is 4.64. The average molecular weight is 481 g/mol. The maximum atomic E-state index is 12.8. The van der Waals surface area contributed by atoms with Gasteiger partial charge in [-0.2, -0.15) is 0 Å². The van der Waals surface area contributed by atoms with Crippen molar-refractivity contribution < 1.29 is 24.2 Å². The third-order valence-corrected chi connectivity index (χ3v) is 6.78. The minimum absolute atomic E-state index is 0.000428. The summed E-state index contributed by atoms with van der Waals surface area (Å²) in [5, 5.41) is 11.7. The Kier molecular flexibility index (Phi) is 9.29. The Hall–Kier alpha value is -3.35. The number of carbonyl (C=O) groups excluding carboxylic acids is 2. The van der Waals surface area contributed by atoms with Gasteiger partial charge in [0.1, 0.15) is 6.61 Å². The molecule has 2 N–H and O–H groups in total. The van der Waals surface area contributed by atoms with Crippen molar-refractivity contribution in [1.82, 2.24) is 10.2 Å². The number of aliphatic carboxylic acids is 1. The third kappa shape index (κ3) is 6.84. The molecule has 0 heterocycles. The van der Waals surface area contributed by atoms with Gasteiger partial charge in [0.05, 0.1) is 0 Å². The van der Waals surface area contributed by atoms with Crippen molar-refractivity contribution in [3.8, 4) is 11.1 Å². The number of nitrogens with one attached hydrogen (secondary N) is 1. The van der Waals surface area contributed by atoms with Crippen LogP contribution in [-0.4, -0.2) is 54.2 Å². The number of rotatable bonds is 12. The number of ether oxygens (including phenoxy) is 1. The molecule has 2 aromatic rings. The molecular weight excluding hydrogens is 444 g/mol. The minimum Gasteiger partial charge on any atom is -0.481 e. The van der Waals surface area contributed by atoms with Gasteiger partial charge in [-0.25, -0.2) is 4.79 Å². The second-order valence-electron chi connectivity index (χ2n) is 9.39. The van der Waals surface area contributed by atoms with Crippen molar-refractivity contribution in [3.05, 3.63) is 59.7 Å². The van der Waals surface area contributed by atoms with E-state index in [-0.39, 0.29) is 36.7 Å². The maximum Gasteiger partial charge on any atom is 0.407 e. The normalized spacial score (nSPS) is 13.1. The molecule has 0 saturated heterocycles. The highest BCUT2D eigenvalue weighted by Crippen LogP contribution is 2.44.